The monoisotopic (exact) mass is 251 g/mol. The number of benzene rings is 1. The van der Waals surface area contributed by atoms with Crippen molar-refractivity contribution in [3.63, 3.8) is 0 Å². The molecule has 0 unspecified atom stereocenters. The molecule has 0 heterocycles. The third kappa shape index (κ3) is 3.36. The molecule has 0 bridgehead atoms. The largest absolute Gasteiger partial charge is 0.384 e. The lowest BCUT2D eigenvalue weighted by Crippen LogP contribution is -2.37. The summed E-state index contributed by atoms with van der Waals surface area (Å²) in [5.74, 6) is -0.371. The van der Waals surface area contributed by atoms with E-state index in [0.717, 1.165) is 5.69 Å². The van der Waals surface area contributed by atoms with Gasteiger partial charge in [-0.1, -0.05) is 11.6 Å². The summed E-state index contributed by atoms with van der Waals surface area (Å²) in [6, 6.07) is 6.99. The van der Waals surface area contributed by atoms with Gasteiger partial charge in [0.2, 0.25) is 5.91 Å². The molecule has 0 aliphatic carbocycles. The average Bonchev–Trinajstić information content (AvgIpc) is 2.26. The summed E-state index contributed by atoms with van der Waals surface area (Å²) >= 11 is 5.89. The number of anilines is 1. The first-order chi connectivity index (χ1) is 7.86. The van der Waals surface area contributed by atoms with E-state index in [2.05, 4.69) is 5.32 Å². The van der Waals surface area contributed by atoms with Gasteiger partial charge in [0.25, 0.3) is 0 Å². The molecular weight excluding hydrogens is 238 g/mol. The van der Waals surface area contributed by atoms with Gasteiger partial charge in [0.1, 0.15) is 6.07 Å². The van der Waals surface area contributed by atoms with Crippen LogP contribution in [0.3, 0.4) is 0 Å². The molecule has 1 amide bonds. The highest BCUT2D eigenvalue weighted by Crippen LogP contribution is 2.22. The minimum absolute atomic E-state index is 0.371. The Kier molecular flexibility index (Phi) is 3.97. The number of rotatable bonds is 4. The summed E-state index contributed by atoms with van der Waals surface area (Å²) < 4.78 is 0. The van der Waals surface area contributed by atoms with Crippen molar-refractivity contribution >= 4 is 23.2 Å². The fraction of sp³-hybridized carbons (Fsp3) is 0.333. The third-order valence-corrected chi connectivity index (χ3v) is 2.80. The number of halogens is 1. The first-order valence-electron chi connectivity index (χ1n) is 5.10. The maximum absolute atomic E-state index is 11.1. The van der Waals surface area contributed by atoms with Gasteiger partial charge in [-0.15, -0.1) is 0 Å². The summed E-state index contributed by atoms with van der Waals surface area (Å²) in [6.45, 7) is 3.92. The number of carbonyl (C=O) groups excluding carboxylic acids is 1. The van der Waals surface area contributed by atoms with Crippen molar-refractivity contribution in [2.24, 2.45) is 11.1 Å². The van der Waals surface area contributed by atoms with E-state index in [1.54, 1.807) is 32.0 Å². The van der Waals surface area contributed by atoms with E-state index in [4.69, 9.17) is 22.6 Å². The summed E-state index contributed by atoms with van der Waals surface area (Å²) in [4.78, 5) is 11.1. The van der Waals surface area contributed by atoms with E-state index in [9.17, 15) is 4.79 Å². The van der Waals surface area contributed by atoms with Gasteiger partial charge in [0.05, 0.1) is 16.0 Å². The Morgan fingerprint density at radius 3 is 2.71 bits per heavy atom. The molecule has 17 heavy (non-hydrogen) atoms. The molecular formula is C12H14ClN3O. The topological polar surface area (TPSA) is 78.9 Å². The highest BCUT2D eigenvalue weighted by molar-refractivity contribution is 6.32. The number of amides is 1. The van der Waals surface area contributed by atoms with Crippen LogP contribution in [-0.2, 0) is 4.79 Å². The molecule has 1 rings (SSSR count). The van der Waals surface area contributed by atoms with Crippen LogP contribution in [0.15, 0.2) is 18.2 Å². The van der Waals surface area contributed by atoms with Crippen molar-refractivity contribution in [3.8, 4) is 6.07 Å². The number of nitriles is 1. The SMILES string of the molecule is CC(C)(CNc1ccc(C#N)c(Cl)c1)C(N)=O. The van der Waals surface area contributed by atoms with E-state index < -0.39 is 5.41 Å². The van der Waals surface area contributed by atoms with Crippen LogP contribution in [0.5, 0.6) is 0 Å². The van der Waals surface area contributed by atoms with Gasteiger partial charge < -0.3 is 11.1 Å². The standard InChI is InChI=1S/C12H14ClN3O/c1-12(2,11(15)17)7-16-9-4-3-8(6-14)10(13)5-9/h3-5,16H,7H2,1-2H3,(H2,15,17). The van der Waals surface area contributed by atoms with Gasteiger partial charge in [0, 0.05) is 12.2 Å². The third-order valence-electron chi connectivity index (χ3n) is 2.49. The smallest absolute Gasteiger partial charge is 0.224 e. The van der Waals surface area contributed by atoms with Crippen LogP contribution in [0.1, 0.15) is 19.4 Å². The second-order valence-electron chi connectivity index (χ2n) is 4.41. The molecule has 5 heteroatoms. The van der Waals surface area contributed by atoms with Crippen LogP contribution < -0.4 is 11.1 Å². The number of nitrogens with zero attached hydrogens (tertiary/aromatic N) is 1. The minimum Gasteiger partial charge on any atom is -0.384 e. The molecule has 90 valence electrons. The highest BCUT2D eigenvalue weighted by Gasteiger charge is 2.24. The molecule has 1 aromatic rings. The van der Waals surface area contributed by atoms with E-state index in [0.29, 0.717) is 17.1 Å². The molecule has 0 aliphatic rings. The first-order valence-corrected chi connectivity index (χ1v) is 5.48. The molecule has 0 aliphatic heterocycles. The summed E-state index contributed by atoms with van der Waals surface area (Å²) in [6.07, 6.45) is 0. The van der Waals surface area contributed by atoms with Crippen LogP contribution in [-0.4, -0.2) is 12.5 Å². The Labute approximate surface area is 105 Å². The van der Waals surface area contributed by atoms with Crippen molar-refractivity contribution in [2.45, 2.75) is 13.8 Å². The Hall–Kier alpha value is -1.73. The number of primary amides is 1. The summed E-state index contributed by atoms with van der Waals surface area (Å²) in [5, 5.41) is 12.2. The van der Waals surface area contributed by atoms with Crippen molar-refractivity contribution < 1.29 is 4.79 Å². The lowest BCUT2D eigenvalue weighted by atomic mass is 9.92. The predicted molar refractivity (Wildman–Crippen MR) is 67.6 cm³/mol. The Morgan fingerprint density at radius 1 is 1.59 bits per heavy atom. The van der Waals surface area contributed by atoms with Gasteiger partial charge in [-0.25, -0.2) is 0 Å². The van der Waals surface area contributed by atoms with Gasteiger partial charge >= 0.3 is 0 Å². The van der Waals surface area contributed by atoms with Crippen LogP contribution in [0.4, 0.5) is 5.69 Å². The second-order valence-corrected chi connectivity index (χ2v) is 4.82. The maximum atomic E-state index is 11.1. The Bertz CT molecular complexity index is 477. The predicted octanol–water partition coefficient (Wildman–Crippen LogP) is 2.14. The zero-order valence-corrected chi connectivity index (χ0v) is 10.5. The van der Waals surface area contributed by atoms with Gasteiger partial charge in [-0.05, 0) is 32.0 Å². The summed E-state index contributed by atoms with van der Waals surface area (Å²) in [7, 11) is 0. The quantitative estimate of drug-likeness (QED) is 0.860. The highest BCUT2D eigenvalue weighted by atomic mass is 35.5. The normalized spacial score (nSPS) is 10.7. The van der Waals surface area contributed by atoms with Crippen molar-refractivity contribution in [2.75, 3.05) is 11.9 Å². The zero-order valence-electron chi connectivity index (χ0n) is 9.75. The molecule has 0 saturated carbocycles. The fourth-order valence-corrected chi connectivity index (χ4v) is 1.35. The van der Waals surface area contributed by atoms with Crippen LogP contribution in [0.25, 0.3) is 0 Å². The molecule has 0 saturated heterocycles. The van der Waals surface area contributed by atoms with E-state index in [1.807, 2.05) is 6.07 Å². The van der Waals surface area contributed by atoms with E-state index in [-0.39, 0.29) is 5.91 Å². The minimum atomic E-state index is -0.639. The number of carbonyl (C=O) groups is 1. The van der Waals surface area contributed by atoms with Gasteiger partial charge in [0.15, 0.2) is 0 Å². The number of nitrogens with two attached hydrogens (primary N) is 1. The lowest BCUT2D eigenvalue weighted by Gasteiger charge is -2.21. The van der Waals surface area contributed by atoms with Gasteiger partial charge in [-0.2, -0.15) is 5.26 Å². The van der Waals surface area contributed by atoms with Gasteiger partial charge in [-0.3, -0.25) is 4.79 Å². The van der Waals surface area contributed by atoms with Crippen LogP contribution >= 0.6 is 11.6 Å². The molecule has 0 aromatic heterocycles. The zero-order chi connectivity index (χ0) is 13.1. The Balaban J connectivity index is 2.75. The average molecular weight is 252 g/mol. The number of hydrogen-bond donors (Lipinski definition) is 2. The van der Waals surface area contributed by atoms with E-state index in [1.165, 1.54) is 0 Å². The molecule has 3 N–H and O–H groups in total. The molecule has 0 radical (unpaired) electrons. The fourth-order valence-electron chi connectivity index (χ4n) is 1.13. The Morgan fingerprint density at radius 2 is 2.24 bits per heavy atom. The van der Waals surface area contributed by atoms with Crippen molar-refractivity contribution in [1.82, 2.24) is 0 Å². The first kappa shape index (κ1) is 13.3. The number of hydrogen-bond acceptors (Lipinski definition) is 3. The molecule has 4 nitrogen and oxygen atoms in total. The van der Waals surface area contributed by atoms with Crippen LogP contribution in [0.2, 0.25) is 5.02 Å². The lowest BCUT2D eigenvalue weighted by molar-refractivity contribution is -0.125. The summed E-state index contributed by atoms with van der Waals surface area (Å²) in [5.41, 5.74) is 5.80. The van der Waals surface area contributed by atoms with Crippen LogP contribution in [0, 0.1) is 16.7 Å². The van der Waals surface area contributed by atoms with Crippen molar-refractivity contribution in [1.29, 1.82) is 5.26 Å². The maximum Gasteiger partial charge on any atom is 0.224 e. The molecule has 0 fully saturated rings. The van der Waals surface area contributed by atoms with E-state index >= 15 is 0 Å². The molecule has 1 aromatic carbocycles. The second kappa shape index (κ2) is 5.07. The van der Waals surface area contributed by atoms with Crippen molar-refractivity contribution in [3.05, 3.63) is 28.8 Å². The number of nitrogens with one attached hydrogen (secondary N) is 1. The molecule has 0 spiro atoms. The molecule has 0 atom stereocenters.